The van der Waals surface area contributed by atoms with E-state index in [4.69, 9.17) is 0 Å². The summed E-state index contributed by atoms with van der Waals surface area (Å²) in [4.78, 5) is 0. The predicted octanol–water partition coefficient (Wildman–Crippen LogP) is -12.8. The Kier molecular flexibility index (Phi) is 169. The number of hydrogen-bond donors (Lipinski definition) is 2. The normalized spacial score (nSPS) is 2.67. The van der Waals surface area contributed by atoms with Crippen LogP contribution >= 0.6 is 12.2 Å². The van der Waals surface area contributed by atoms with Crippen molar-refractivity contribution in [2.24, 2.45) is 11.5 Å². The zero-order valence-electron chi connectivity index (χ0n) is 4.55. The average molecular weight is 245 g/mol. The van der Waals surface area contributed by atoms with Crippen molar-refractivity contribution in [2.75, 3.05) is 0 Å². The van der Waals surface area contributed by atoms with E-state index in [1.54, 1.807) is 0 Å². The van der Waals surface area contributed by atoms with E-state index in [2.05, 4.69) is 23.7 Å². The molecule has 9 heavy (non-hydrogen) atoms. The van der Waals surface area contributed by atoms with E-state index in [1.165, 1.54) is 0 Å². The zero-order valence-corrected chi connectivity index (χ0v) is 8.74. The monoisotopic (exact) mass is 244 g/mol. The third-order valence-electron chi connectivity index (χ3n) is 0. The van der Waals surface area contributed by atoms with Crippen LogP contribution in [0.5, 0.6) is 0 Å². The third kappa shape index (κ3) is 203. The molecule has 0 rings (SSSR count). The van der Waals surface area contributed by atoms with Crippen molar-refractivity contribution in [2.45, 2.75) is 0 Å². The minimum absolute atomic E-state index is 0. The van der Waals surface area contributed by atoms with E-state index >= 15 is 0 Å². The van der Waals surface area contributed by atoms with Gasteiger partial charge in [0.05, 0.1) is 0 Å². The van der Waals surface area contributed by atoms with E-state index in [9.17, 15) is 0 Å². The second-order valence-corrected chi connectivity index (χ2v) is 0.874. The summed E-state index contributed by atoms with van der Waals surface area (Å²) in [5, 5.41) is 0.000000000000000222. The van der Waals surface area contributed by atoms with Crippen LogP contribution < -0.4 is 67.5 Å². The van der Waals surface area contributed by atoms with Crippen LogP contribution in [0.15, 0.2) is 0 Å². The molecule has 0 fully saturated rings. The molecule has 8 heteroatoms. The number of nitrogens with two attached hydrogens (primary N) is 2. The Morgan fingerprint density at radius 3 is 1.00 bits per heavy atom. The molecule has 0 saturated carbocycles. The van der Waals surface area contributed by atoms with Gasteiger partial charge in [0.15, 0.2) is 5.11 Å². The maximum atomic E-state index is 4.62. The molecule has 0 aromatic rings. The summed E-state index contributed by atoms with van der Waals surface area (Å²) < 4.78 is 0. The Morgan fingerprint density at radius 2 is 1.00 bits per heavy atom. The van der Waals surface area contributed by atoms with Gasteiger partial charge in [-0.3, -0.25) is 0 Å². The van der Waals surface area contributed by atoms with Crippen molar-refractivity contribution >= 4 is 17.3 Å². The summed E-state index contributed by atoms with van der Waals surface area (Å²) >= 11 is 4.09. The second-order valence-electron chi connectivity index (χ2n) is 0.402. The Morgan fingerprint density at radius 1 is 1.00 bits per heavy atom. The minimum Gasteiger partial charge on any atom is -1.00 e. The standard InChI is InChI=1S/CH4N2S.3ClH.Fe.Li/c2-1(3)4;;;;;/h(H4,2,3,4);3*1H;;/q;;;;+2;+1/p-3. The van der Waals surface area contributed by atoms with Crippen LogP contribution in [0.2, 0.25) is 0 Å². The van der Waals surface area contributed by atoms with Crippen LogP contribution in [0.25, 0.3) is 0 Å². The minimum atomic E-state index is 0. The van der Waals surface area contributed by atoms with Crippen molar-refractivity contribution in [1.29, 1.82) is 0 Å². The molecule has 0 aromatic heterocycles. The molecular formula is CH4Cl3FeLiN2S. The molecule has 0 aliphatic carbocycles. The molecule has 54 valence electrons. The second kappa shape index (κ2) is 33.3. The number of thiocarbonyl (C=S) groups is 1. The Bertz CT molecular complexity index is 44.8. The van der Waals surface area contributed by atoms with Crippen LogP contribution in [0, 0.1) is 0 Å². The summed E-state index contributed by atoms with van der Waals surface area (Å²) in [5.41, 5.74) is 9.24. The number of hydrogen-bond acceptors (Lipinski definition) is 1. The molecule has 0 aromatic carbocycles. The first-order valence-electron chi connectivity index (χ1n) is 0.781. The predicted molar refractivity (Wildman–Crippen MR) is 21.0 cm³/mol. The summed E-state index contributed by atoms with van der Waals surface area (Å²) in [6.45, 7) is 0. The molecule has 0 amide bonds. The maximum absolute atomic E-state index is 4.62. The molecule has 4 N–H and O–H groups in total. The summed E-state index contributed by atoms with van der Waals surface area (Å²) in [7, 11) is 0. The first-order valence-corrected chi connectivity index (χ1v) is 1.19. The Balaban J connectivity index is -0.00000000450. The van der Waals surface area contributed by atoms with Crippen molar-refractivity contribution in [3.63, 3.8) is 0 Å². The SMILES string of the molecule is NC(N)=S.[Cl-].[Cl-].[Cl-].[Fe+2].[Li+]. The van der Waals surface area contributed by atoms with E-state index in [0.717, 1.165) is 0 Å². The number of halogens is 3. The molecule has 0 unspecified atom stereocenters. The molecule has 0 aliphatic heterocycles. The molecule has 0 spiro atoms. The van der Waals surface area contributed by atoms with Crippen molar-refractivity contribution < 1.29 is 73.2 Å². The smallest absolute Gasteiger partial charge is 1.00 e. The van der Waals surface area contributed by atoms with Crippen molar-refractivity contribution in [1.82, 2.24) is 0 Å². The molecule has 0 heterocycles. The molecule has 0 radical (unpaired) electrons. The quantitative estimate of drug-likeness (QED) is 0.329. The van der Waals surface area contributed by atoms with E-state index in [-0.39, 0.29) is 78.3 Å². The molecule has 0 saturated heterocycles. The summed E-state index contributed by atoms with van der Waals surface area (Å²) in [6, 6.07) is 0. The first kappa shape index (κ1) is 45.7. The Labute approximate surface area is 101 Å². The van der Waals surface area contributed by atoms with E-state index in [1.807, 2.05) is 0 Å². The first-order chi connectivity index (χ1) is 1.73. The molecular weight excluding hydrogens is 241 g/mol. The average Bonchev–Trinajstić information content (AvgIpc) is 0.811. The maximum Gasteiger partial charge on any atom is 2.00 e. The topological polar surface area (TPSA) is 52.0 Å². The van der Waals surface area contributed by atoms with E-state index < -0.39 is 0 Å². The van der Waals surface area contributed by atoms with Crippen LogP contribution in [-0.4, -0.2) is 5.11 Å². The zero-order chi connectivity index (χ0) is 3.58. The van der Waals surface area contributed by atoms with Gasteiger partial charge in [0.1, 0.15) is 0 Å². The van der Waals surface area contributed by atoms with Gasteiger partial charge in [0, 0.05) is 0 Å². The van der Waals surface area contributed by atoms with E-state index in [0.29, 0.717) is 0 Å². The van der Waals surface area contributed by atoms with Gasteiger partial charge in [-0.25, -0.2) is 0 Å². The fraction of sp³-hybridized carbons (Fsp3) is 0. The van der Waals surface area contributed by atoms with Gasteiger partial charge in [-0.15, -0.1) is 0 Å². The fourth-order valence-corrected chi connectivity index (χ4v) is 0. The Hall–Kier alpha value is 1.68. The van der Waals surface area contributed by atoms with Gasteiger partial charge in [-0.2, -0.15) is 0 Å². The van der Waals surface area contributed by atoms with Crippen molar-refractivity contribution in [3.05, 3.63) is 0 Å². The van der Waals surface area contributed by atoms with Gasteiger partial charge in [0.2, 0.25) is 0 Å². The van der Waals surface area contributed by atoms with Gasteiger partial charge in [-0.05, 0) is 12.2 Å². The van der Waals surface area contributed by atoms with Crippen LogP contribution in [0.3, 0.4) is 0 Å². The van der Waals surface area contributed by atoms with Crippen LogP contribution in [0.4, 0.5) is 0 Å². The van der Waals surface area contributed by atoms with Gasteiger partial charge in [-0.1, -0.05) is 0 Å². The summed E-state index contributed by atoms with van der Waals surface area (Å²) in [6.07, 6.45) is 0. The van der Waals surface area contributed by atoms with Crippen LogP contribution in [0.1, 0.15) is 0 Å². The largest absolute Gasteiger partial charge is 2.00 e. The molecule has 0 bridgehead atoms. The molecule has 0 atom stereocenters. The third-order valence-corrected chi connectivity index (χ3v) is 0. The molecule has 0 aliphatic rings. The summed E-state index contributed by atoms with van der Waals surface area (Å²) in [5.74, 6) is 0. The van der Waals surface area contributed by atoms with Gasteiger partial charge >= 0.3 is 35.9 Å². The molecule has 2 nitrogen and oxygen atoms in total. The van der Waals surface area contributed by atoms with Crippen LogP contribution in [-0.2, 0) is 17.1 Å². The van der Waals surface area contributed by atoms with Gasteiger partial charge in [0.25, 0.3) is 0 Å². The fourth-order valence-electron chi connectivity index (χ4n) is 0. The van der Waals surface area contributed by atoms with Gasteiger partial charge < -0.3 is 48.7 Å². The number of rotatable bonds is 0. The van der Waals surface area contributed by atoms with Crippen molar-refractivity contribution in [3.8, 4) is 0 Å².